The number of carboxylic acid groups (broad SMARTS) is 2. The summed E-state index contributed by atoms with van der Waals surface area (Å²) >= 11 is 0. The third kappa shape index (κ3) is 5.59. The first kappa shape index (κ1) is 18.4. The van der Waals surface area contributed by atoms with E-state index in [1.807, 2.05) is 0 Å². The van der Waals surface area contributed by atoms with Crippen LogP contribution >= 0.6 is 0 Å². The van der Waals surface area contributed by atoms with Gasteiger partial charge in [-0.15, -0.1) is 0 Å². The molecule has 2 atom stereocenters. The maximum atomic E-state index is 10.8. The van der Waals surface area contributed by atoms with E-state index in [1.54, 1.807) is 48.5 Å². The highest BCUT2D eigenvalue weighted by Crippen LogP contribution is 2.23. The van der Waals surface area contributed by atoms with Gasteiger partial charge in [0, 0.05) is 0 Å². The first-order valence-electron chi connectivity index (χ1n) is 7.67. The highest BCUT2D eigenvalue weighted by Gasteiger charge is 2.13. The minimum atomic E-state index is -1.05. The van der Waals surface area contributed by atoms with Gasteiger partial charge in [-0.1, -0.05) is 24.3 Å². The summed E-state index contributed by atoms with van der Waals surface area (Å²) in [5.41, 5.74) is 12.6. The molecule has 0 unspecified atom stereocenters. The Kier molecular flexibility index (Phi) is 6.10. The van der Waals surface area contributed by atoms with Crippen LogP contribution in [0.2, 0.25) is 0 Å². The molecule has 7 heteroatoms. The van der Waals surface area contributed by atoms with Gasteiger partial charge in [0.15, 0.2) is 0 Å². The summed E-state index contributed by atoms with van der Waals surface area (Å²) in [6, 6.07) is 12.1. The van der Waals surface area contributed by atoms with Crippen LogP contribution in [0.3, 0.4) is 0 Å². The molecule has 0 aliphatic heterocycles. The van der Waals surface area contributed by atoms with Gasteiger partial charge in [-0.05, 0) is 48.2 Å². The predicted octanol–water partition coefficient (Wildman–Crippen LogP) is 1.39. The zero-order chi connectivity index (χ0) is 18.4. The summed E-state index contributed by atoms with van der Waals surface area (Å²) in [5, 5.41) is 17.7. The molecule has 0 heterocycles. The van der Waals surface area contributed by atoms with E-state index in [-0.39, 0.29) is 12.8 Å². The summed E-state index contributed by atoms with van der Waals surface area (Å²) in [4.78, 5) is 21.6. The van der Waals surface area contributed by atoms with E-state index < -0.39 is 24.0 Å². The molecule has 0 spiro atoms. The lowest BCUT2D eigenvalue weighted by atomic mass is 10.1. The molecule has 0 amide bonds. The SMILES string of the molecule is N[C@@H](Cc1ccc(Oc2cccc(C[C@H](N)C(=O)O)c2)cc1)C(=O)O. The lowest BCUT2D eigenvalue weighted by Gasteiger charge is -2.11. The van der Waals surface area contributed by atoms with Crippen LogP contribution in [-0.2, 0) is 22.4 Å². The minimum absolute atomic E-state index is 0.207. The van der Waals surface area contributed by atoms with Gasteiger partial charge in [-0.25, -0.2) is 0 Å². The van der Waals surface area contributed by atoms with Crippen molar-refractivity contribution in [3.05, 3.63) is 59.7 Å². The molecule has 0 radical (unpaired) electrons. The predicted molar refractivity (Wildman–Crippen MR) is 91.6 cm³/mol. The molecule has 2 aromatic carbocycles. The van der Waals surface area contributed by atoms with Crippen LogP contribution in [0.1, 0.15) is 11.1 Å². The van der Waals surface area contributed by atoms with Crippen LogP contribution in [0.25, 0.3) is 0 Å². The number of hydrogen-bond acceptors (Lipinski definition) is 5. The van der Waals surface area contributed by atoms with Crippen molar-refractivity contribution >= 4 is 11.9 Å². The summed E-state index contributed by atoms with van der Waals surface area (Å²) in [6.07, 6.45) is 0.441. The highest BCUT2D eigenvalue weighted by atomic mass is 16.5. The Bertz CT molecular complexity index is 745. The first-order chi connectivity index (χ1) is 11.8. The number of aliphatic carboxylic acids is 2. The molecule has 0 aromatic heterocycles. The molecule has 0 fully saturated rings. The van der Waals surface area contributed by atoms with Gasteiger partial charge in [0.1, 0.15) is 23.6 Å². The molecule has 25 heavy (non-hydrogen) atoms. The molecule has 6 N–H and O–H groups in total. The van der Waals surface area contributed by atoms with E-state index in [1.165, 1.54) is 0 Å². The second kappa shape index (κ2) is 8.27. The van der Waals surface area contributed by atoms with Crippen LogP contribution < -0.4 is 16.2 Å². The topological polar surface area (TPSA) is 136 Å². The van der Waals surface area contributed by atoms with E-state index >= 15 is 0 Å². The molecular formula is C18H20N2O5. The maximum absolute atomic E-state index is 10.8. The van der Waals surface area contributed by atoms with Gasteiger partial charge >= 0.3 is 11.9 Å². The van der Waals surface area contributed by atoms with Gasteiger partial charge in [0.25, 0.3) is 0 Å². The van der Waals surface area contributed by atoms with Crippen molar-refractivity contribution in [3.8, 4) is 11.5 Å². The molecular weight excluding hydrogens is 324 g/mol. The standard InChI is InChI=1S/C18H20N2O5/c19-15(17(21)22)9-11-4-6-13(7-5-11)25-14-3-1-2-12(8-14)10-16(20)18(23)24/h1-8,15-16H,9-10,19-20H2,(H,21,22)(H,23,24)/t15-,16-/m0/s1. The van der Waals surface area contributed by atoms with Crippen molar-refractivity contribution in [3.63, 3.8) is 0 Å². The largest absolute Gasteiger partial charge is 0.480 e. The summed E-state index contributed by atoms with van der Waals surface area (Å²) in [7, 11) is 0. The van der Waals surface area contributed by atoms with Gasteiger partial charge in [0.05, 0.1) is 0 Å². The quantitative estimate of drug-likeness (QED) is 0.568. The maximum Gasteiger partial charge on any atom is 0.320 e. The Balaban J connectivity index is 2.02. The molecule has 132 valence electrons. The van der Waals surface area contributed by atoms with Crippen LogP contribution in [0, 0.1) is 0 Å². The molecule has 2 rings (SSSR count). The van der Waals surface area contributed by atoms with Crippen molar-refractivity contribution in [2.24, 2.45) is 11.5 Å². The Hall–Kier alpha value is -2.90. The lowest BCUT2D eigenvalue weighted by molar-refractivity contribution is -0.139. The van der Waals surface area contributed by atoms with Gasteiger partial charge < -0.3 is 26.4 Å². The fourth-order valence-electron chi connectivity index (χ4n) is 2.25. The zero-order valence-electron chi connectivity index (χ0n) is 13.5. The van der Waals surface area contributed by atoms with Crippen LogP contribution in [0.5, 0.6) is 11.5 Å². The van der Waals surface area contributed by atoms with E-state index in [4.69, 9.17) is 26.4 Å². The zero-order valence-corrected chi connectivity index (χ0v) is 13.5. The van der Waals surface area contributed by atoms with E-state index in [0.717, 1.165) is 11.1 Å². The van der Waals surface area contributed by atoms with Crippen molar-refractivity contribution in [2.45, 2.75) is 24.9 Å². The number of hydrogen-bond donors (Lipinski definition) is 4. The third-order valence-electron chi connectivity index (χ3n) is 3.60. The normalized spacial score (nSPS) is 13.0. The molecule has 0 aliphatic carbocycles. The fourth-order valence-corrected chi connectivity index (χ4v) is 2.25. The van der Waals surface area contributed by atoms with E-state index in [2.05, 4.69) is 0 Å². The van der Waals surface area contributed by atoms with Crippen molar-refractivity contribution in [1.82, 2.24) is 0 Å². The second-order valence-corrected chi connectivity index (χ2v) is 5.69. The van der Waals surface area contributed by atoms with Gasteiger partial charge in [-0.2, -0.15) is 0 Å². The van der Waals surface area contributed by atoms with Crippen LogP contribution in [0.15, 0.2) is 48.5 Å². The smallest absolute Gasteiger partial charge is 0.320 e. The molecule has 0 bridgehead atoms. The Morgan fingerprint density at radius 1 is 0.840 bits per heavy atom. The second-order valence-electron chi connectivity index (χ2n) is 5.69. The average Bonchev–Trinajstić information content (AvgIpc) is 2.56. The highest BCUT2D eigenvalue weighted by molar-refractivity contribution is 5.74. The summed E-state index contributed by atoms with van der Waals surface area (Å²) < 4.78 is 5.73. The molecule has 0 saturated heterocycles. The summed E-state index contributed by atoms with van der Waals surface area (Å²) in [5.74, 6) is -0.962. The number of carbonyl (C=O) groups is 2. The van der Waals surface area contributed by atoms with Crippen molar-refractivity contribution in [1.29, 1.82) is 0 Å². The molecule has 0 aliphatic rings. The van der Waals surface area contributed by atoms with Crippen molar-refractivity contribution < 1.29 is 24.5 Å². The van der Waals surface area contributed by atoms with E-state index in [9.17, 15) is 9.59 Å². The van der Waals surface area contributed by atoms with E-state index in [0.29, 0.717) is 11.5 Å². The third-order valence-corrected chi connectivity index (χ3v) is 3.60. The number of benzene rings is 2. The molecule has 2 aromatic rings. The number of rotatable bonds is 8. The Morgan fingerprint density at radius 2 is 1.40 bits per heavy atom. The van der Waals surface area contributed by atoms with Gasteiger partial charge in [-0.3, -0.25) is 9.59 Å². The summed E-state index contributed by atoms with van der Waals surface area (Å²) in [6.45, 7) is 0. The van der Waals surface area contributed by atoms with Gasteiger partial charge in [0.2, 0.25) is 0 Å². The van der Waals surface area contributed by atoms with Crippen LogP contribution in [-0.4, -0.2) is 34.2 Å². The first-order valence-corrected chi connectivity index (χ1v) is 7.67. The van der Waals surface area contributed by atoms with Crippen molar-refractivity contribution in [2.75, 3.05) is 0 Å². The molecule has 0 saturated carbocycles. The Labute approximate surface area is 144 Å². The Morgan fingerprint density at radius 3 is 1.96 bits per heavy atom. The monoisotopic (exact) mass is 344 g/mol. The number of ether oxygens (including phenoxy) is 1. The lowest BCUT2D eigenvalue weighted by Crippen LogP contribution is -2.32. The molecule has 7 nitrogen and oxygen atoms in total. The fraction of sp³-hybridized carbons (Fsp3) is 0.222. The number of nitrogens with two attached hydrogens (primary N) is 2. The van der Waals surface area contributed by atoms with Crippen LogP contribution in [0.4, 0.5) is 0 Å². The average molecular weight is 344 g/mol. The number of carboxylic acids is 2. The minimum Gasteiger partial charge on any atom is -0.480 e.